The number of aromatic nitrogens is 3. The summed E-state index contributed by atoms with van der Waals surface area (Å²) in [6.45, 7) is 2.70. The summed E-state index contributed by atoms with van der Waals surface area (Å²) in [4.78, 5) is 11.5. The largest absolute Gasteiger partial charge is 0.485 e. The van der Waals surface area contributed by atoms with Crippen LogP contribution in [0.25, 0.3) is 11.3 Å². The molecule has 3 aromatic rings. The summed E-state index contributed by atoms with van der Waals surface area (Å²) in [5.41, 5.74) is 9.13. The molecule has 6 nitrogen and oxygen atoms in total. The van der Waals surface area contributed by atoms with Crippen LogP contribution in [0.4, 0.5) is 5.82 Å². The molecule has 146 valence electrons. The Morgan fingerprint density at radius 3 is 2.57 bits per heavy atom. The molecule has 1 fully saturated rings. The van der Waals surface area contributed by atoms with Gasteiger partial charge in [-0.15, -0.1) is 0 Å². The zero-order chi connectivity index (χ0) is 19.5. The molecule has 1 saturated heterocycles. The Bertz CT molecular complexity index is 929. The second-order valence-electron chi connectivity index (χ2n) is 7.52. The van der Waals surface area contributed by atoms with Crippen molar-refractivity contribution in [2.24, 2.45) is 7.05 Å². The van der Waals surface area contributed by atoms with E-state index in [1.54, 1.807) is 6.20 Å². The molecule has 0 amide bonds. The fraction of sp³-hybridized carbons (Fsp3) is 0.364. The van der Waals surface area contributed by atoms with Crippen LogP contribution in [0, 0.1) is 0 Å². The second kappa shape index (κ2) is 8.02. The van der Waals surface area contributed by atoms with Gasteiger partial charge in [-0.3, -0.25) is 0 Å². The number of piperidine rings is 1. The maximum atomic E-state index is 6.04. The minimum atomic E-state index is 0.400. The molecular weight excluding hydrogens is 350 g/mol. The summed E-state index contributed by atoms with van der Waals surface area (Å²) in [7, 11) is 4.26. The minimum Gasteiger partial charge on any atom is -0.485 e. The highest BCUT2D eigenvalue weighted by atomic mass is 16.5. The number of rotatable bonds is 5. The third kappa shape index (κ3) is 3.87. The van der Waals surface area contributed by atoms with Gasteiger partial charge >= 0.3 is 0 Å². The molecule has 28 heavy (non-hydrogen) atoms. The number of hydrogen-bond donors (Lipinski definition) is 1. The van der Waals surface area contributed by atoms with E-state index < -0.39 is 0 Å². The number of anilines is 1. The van der Waals surface area contributed by atoms with E-state index in [9.17, 15) is 0 Å². The number of hydrogen-bond acceptors (Lipinski definition) is 5. The molecule has 6 heteroatoms. The van der Waals surface area contributed by atoms with Crippen molar-refractivity contribution in [3.63, 3.8) is 0 Å². The summed E-state index contributed by atoms with van der Waals surface area (Å²) in [6, 6.07) is 12.0. The van der Waals surface area contributed by atoms with Crippen molar-refractivity contribution >= 4 is 5.82 Å². The summed E-state index contributed by atoms with van der Waals surface area (Å²) in [6.07, 6.45) is 6.01. The van der Waals surface area contributed by atoms with E-state index in [0.717, 1.165) is 48.6 Å². The van der Waals surface area contributed by atoms with Gasteiger partial charge in [-0.05, 0) is 44.6 Å². The number of likely N-dealkylation sites (tertiary alicyclic amines) is 1. The molecule has 0 atom stereocenters. The van der Waals surface area contributed by atoms with E-state index >= 15 is 0 Å². The molecule has 2 N–H and O–H groups in total. The van der Waals surface area contributed by atoms with Gasteiger partial charge in [-0.1, -0.05) is 30.3 Å². The summed E-state index contributed by atoms with van der Waals surface area (Å²) in [5, 5.41) is 0. The number of nitrogens with zero attached hydrogens (tertiary/aromatic N) is 4. The van der Waals surface area contributed by atoms with Crippen LogP contribution >= 0.6 is 0 Å². The Morgan fingerprint density at radius 2 is 1.82 bits per heavy atom. The molecule has 0 spiro atoms. The summed E-state index contributed by atoms with van der Waals surface area (Å²) in [5.74, 6) is 2.65. The van der Waals surface area contributed by atoms with Gasteiger partial charge in [0.25, 0.3) is 0 Å². The zero-order valence-electron chi connectivity index (χ0n) is 16.5. The van der Waals surface area contributed by atoms with Gasteiger partial charge in [0.15, 0.2) is 11.6 Å². The monoisotopic (exact) mass is 377 g/mol. The van der Waals surface area contributed by atoms with Crippen molar-refractivity contribution in [1.82, 2.24) is 19.4 Å². The SMILES string of the molecule is CN1CCC(c2ncc(-c3cnc(N)c(OCc4ccccc4)c3)n2C)CC1. The lowest BCUT2D eigenvalue weighted by atomic mass is 9.96. The van der Waals surface area contributed by atoms with E-state index in [2.05, 4.69) is 28.5 Å². The zero-order valence-corrected chi connectivity index (χ0v) is 16.5. The average molecular weight is 377 g/mol. The van der Waals surface area contributed by atoms with Crippen LogP contribution in [0.2, 0.25) is 0 Å². The molecule has 0 radical (unpaired) electrons. The lowest BCUT2D eigenvalue weighted by molar-refractivity contribution is 0.249. The fourth-order valence-electron chi connectivity index (χ4n) is 3.78. The molecule has 3 heterocycles. The third-order valence-electron chi connectivity index (χ3n) is 5.52. The Kier molecular flexibility index (Phi) is 5.30. The minimum absolute atomic E-state index is 0.400. The smallest absolute Gasteiger partial charge is 0.166 e. The Balaban J connectivity index is 1.54. The number of ether oxygens (including phenoxy) is 1. The maximum Gasteiger partial charge on any atom is 0.166 e. The Hall–Kier alpha value is -2.86. The van der Waals surface area contributed by atoms with Crippen molar-refractivity contribution in [3.05, 3.63) is 60.2 Å². The van der Waals surface area contributed by atoms with Crippen LogP contribution in [0.15, 0.2) is 48.8 Å². The summed E-state index contributed by atoms with van der Waals surface area (Å²) >= 11 is 0. The predicted molar refractivity (Wildman–Crippen MR) is 111 cm³/mol. The van der Waals surface area contributed by atoms with E-state index in [1.165, 1.54) is 0 Å². The summed E-state index contributed by atoms with van der Waals surface area (Å²) < 4.78 is 8.12. The number of nitrogens with two attached hydrogens (primary N) is 1. The quantitative estimate of drug-likeness (QED) is 0.737. The number of benzene rings is 1. The van der Waals surface area contributed by atoms with E-state index in [0.29, 0.717) is 24.1 Å². The second-order valence-corrected chi connectivity index (χ2v) is 7.52. The molecule has 0 unspecified atom stereocenters. The average Bonchev–Trinajstić information content (AvgIpc) is 3.10. The normalized spacial score (nSPS) is 15.6. The van der Waals surface area contributed by atoms with Gasteiger partial charge in [0.05, 0.1) is 11.9 Å². The lowest BCUT2D eigenvalue weighted by Crippen LogP contribution is -2.30. The van der Waals surface area contributed by atoms with Crippen LogP contribution in [0.3, 0.4) is 0 Å². The van der Waals surface area contributed by atoms with Crippen molar-refractivity contribution in [3.8, 4) is 17.0 Å². The molecule has 0 saturated carbocycles. The molecule has 1 aliphatic rings. The standard InChI is InChI=1S/C22H27N5O/c1-26-10-8-17(9-11-26)22-25-14-19(27(22)2)18-12-20(21(23)24-13-18)28-15-16-6-4-3-5-7-16/h3-7,12-14,17H,8-11,15H2,1-2H3,(H2,23,24). The van der Waals surface area contributed by atoms with Gasteiger partial charge in [0, 0.05) is 24.7 Å². The Labute approximate surface area is 166 Å². The molecule has 0 aliphatic carbocycles. The lowest BCUT2D eigenvalue weighted by Gasteiger charge is -2.28. The first-order chi connectivity index (χ1) is 13.6. The van der Waals surface area contributed by atoms with E-state index in [1.807, 2.05) is 42.6 Å². The molecular formula is C22H27N5O. The van der Waals surface area contributed by atoms with Gasteiger partial charge < -0.3 is 19.9 Å². The van der Waals surface area contributed by atoms with Crippen molar-refractivity contribution in [1.29, 1.82) is 0 Å². The van der Waals surface area contributed by atoms with E-state index in [4.69, 9.17) is 15.5 Å². The first-order valence-corrected chi connectivity index (χ1v) is 9.74. The number of pyridine rings is 1. The third-order valence-corrected chi connectivity index (χ3v) is 5.52. The van der Waals surface area contributed by atoms with Crippen LogP contribution < -0.4 is 10.5 Å². The van der Waals surface area contributed by atoms with Crippen molar-refractivity contribution in [2.45, 2.75) is 25.4 Å². The molecule has 2 aromatic heterocycles. The van der Waals surface area contributed by atoms with Crippen LogP contribution in [-0.2, 0) is 13.7 Å². The first kappa shape index (κ1) is 18.5. The van der Waals surface area contributed by atoms with E-state index in [-0.39, 0.29) is 0 Å². The van der Waals surface area contributed by atoms with Crippen molar-refractivity contribution in [2.75, 3.05) is 25.9 Å². The van der Waals surface area contributed by atoms with Gasteiger partial charge in [0.1, 0.15) is 12.4 Å². The van der Waals surface area contributed by atoms with Crippen LogP contribution in [-0.4, -0.2) is 39.6 Å². The van der Waals surface area contributed by atoms with Gasteiger partial charge in [0.2, 0.25) is 0 Å². The Morgan fingerprint density at radius 1 is 1.07 bits per heavy atom. The highest BCUT2D eigenvalue weighted by molar-refractivity contribution is 5.64. The molecule has 1 aliphatic heterocycles. The fourth-order valence-corrected chi connectivity index (χ4v) is 3.78. The highest BCUT2D eigenvalue weighted by Crippen LogP contribution is 2.32. The van der Waals surface area contributed by atoms with Crippen LogP contribution in [0.1, 0.15) is 30.1 Å². The van der Waals surface area contributed by atoms with Gasteiger partial charge in [-0.2, -0.15) is 0 Å². The molecule has 1 aromatic carbocycles. The highest BCUT2D eigenvalue weighted by Gasteiger charge is 2.23. The topological polar surface area (TPSA) is 69.2 Å². The van der Waals surface area contributed by atoms with Crippen LogP contribution in [0.5, 0.6) is 5.75 Å². The number of nitrogen functional groups attached to an aromatic ring is 1. The molecule has 0 bridgehead atoms. The molecule has 4 rings (SSSR count). The van der Waals surface area contributed by atoms with Crippen molar-refractivity contribution < 1.29 is 4.74 Å². The first-order valence-electron chi connectivity index (χ1n) is 9.74. The maximum absolute atomic E-state index is 6.04. The predicted octanol–water partition coefficient (Wildman–Crippen LogP) is 3.45. The van der Waals surface area contributed by atoms with Gasteiger partial charge in [-0.25, -0.2) is 9.97 Å². The number of imidazole rings is 1.